The second-order valence-corrected chi connectivity index (χ2v) is 6.29. The molecule has 0 saturated heterocycles. The van der Waals surface area contributed by atoms with Crippen LogP contribution in [0, 0.1) is 0 Å². The van der Waals surface area contributed by atoms with Crippen LogP contribution in [-0.2, 0) is 4.79 Å². The standard InChI is InChI=1S/C19H22N2O2S/c1-2-13-23-17-10-8-16(9-11-17)15-20-21-19(22)12-14-24-18-6-4-3-5-7-18/h3-11,15H,2,12-14H2,1H3,(H,21,22)/b20-15-. The molecule has 0 saturated carbocycles. The van der Waals surface area contributed by atoms with Crippen molar-refractivity contribution in [1.82, 2.24) is 5.43 Å². The molecule has 0 heterocycles. The van der Waals surface area contributed by atoms with Crippen LogP contribution in [0.1, 0.15) is 25.3 Å². The zero-order valence-electron chi connectivity index (χ0n) is 13.8. The van der Waals surface area contributed by atoms with Crippen molar-refractivity contribution in [3.05, 3.63) is 60.2 Å². The highest BCUT2D eigenvalue weighted by Gasteiger charge is 2.00. The fraction of sp³-hybridized carbons (Fsp3) is 0.263. The lowest BCUT2D eigenvalue weighted by molar-refractivity contribution is -0.120. The van der Waals surface area contributed by atoms with E-state index in [0.717, 1.165) is 23.5 Å². The molecule has 4 nitrogen and oxygen atoms in total. The summed E-state index contributed by atoms with van der Waals surface area (Å²) in [7, 11) is 0. The Kier molecular flexibility index (Phi) is 7.90. The molecule has 0 fully saturated rings. The van der Waals surface area contributed by atoms with Gasteiger partial charge in [-0.05, 0) is 48.4 Å². The summed E-state index contributed by atoms with van der Waals surface area (Å²) in [5, 5.41) is 3.98. The second-order valence-electron chi connectivity index (χ2n) is 5.12. The number of nitrogens with one attached hydrogen (secondary N) is 1. The monoisotopic (exact) mass is 342 g/mol. The lowest BCUT2D eigenvalue weighted by Gasteiger charge is -2.04. The van der Waals surface area contributed by atoms with Crippen LogP contribution in [0.5, 0.6) is 5.75 Å². The zero-order valence-corrected chi connectivity index (χ0v) is 14.6. The van der Waals surface area contributed by atoms with Crippen molar-refractivity contribution in [2.45, 2.75) is 24.7 Å². The smallest absolute Gasteiger partial charge is 0.240 e. The van der Waals surface area contributed by atoms with Crippen molar-refractivity contribution in [3.63, 3.8) is 0 Å². The van der Waals surface area contributed by atoms with E-state index in [9.17, 15) is 4.79 Å². The van der Waals surface area contributed by atoms with Crippen LogP contribution in [-0.4, -0.2) is 24.5 Å². The van der Waals surface area contributed by atoms with Gasteiger partial charge < -0.3 is 4.74 Å². The Balaban J connectivity index is 1.68. The Morgan fingerprint density at radius 2 is 1.92 bits per heavy atom. The van der Waals surface area contributed by atoms with Gasteiger partial charge in [-0.3, -0.25) is 4.79 Å². The van der Waals surface area contributed by atoms with Gasteiger partial charge >= 0.3 is 0 Å². The van der Waals surface area contributed by atoms with Gasteiger partial charge in [0.15, 0.2) is 0 Å². The molecule has 126 valence electrons. The summed E-state index contributed by atoms with van der Waals surface area (Å²) in [5.74, 6) is 1.49. The molecule has 0 spiro atoms. The topological polar surface area (TPSA) is 50.7 Å². The Morgan fingerprint density at radius 1 is 1.17 bits per heavy atom. The molecule has 0 atom stereocenters. The van der Waals surface area contributed by atoms with Gasteiger partial charge in [0.25, 0.3) is 0 Å². The number of hydrazone groups is 1. The predicted octanol–water partition coefficient (Wildman–Crippen LogP) is 4.11. The number of nitrogens with zero attached hydrogens (tertiary/aromatic N) is 1. The number of amides is 1. The normalized spacial score (nSPS) is 10.7. The van der Waals surface area contributed by atoms with Gasteiger partial charge in [0.1, 0.15) is 5.75 Å². The van der Waals surface area contributed by atoms with Gasteiger partial charge in [0.05, 0.1) is 12.8 Å². The molecule has 0 bridgehead atoms. The van der Waals surface area contributed by atoms with E-state index in [2.05, 4.69) is 17.5 Å². The molecule has 2 aromatic carbocycles. The Hall–Kier alpha value is -2.27. The molecule has 0 aliphatic rings. The van der Waals surface area contributed by atoms with Gasteiger partial charge in [-0.2, -0.15) is 5.10 Å². The number of ether oxygens (including phenoxy) is 1. The van der Waals surface area contributed by atoms with E-state index in [1.165, 1.54) is 4.90 Å². The molecule has 0 aliphatic heterocycles. The fourth-order valence-corrected chi connectivity index (χ4v) is 2.76. The summed E-state index contributed by atoms with van der Waals surface area (Å²) < 4.78 is 5.52. The second kappa shape index (κ2) is 10.5. The first-order chi connectivity index (χ1) is 11.8. The van der Waals surface area contributed by atoms with E-state index in [1.54, 1.807) is 18.0 Å². The van der Waals surface area contributed by atoms with Crippen LogP contribution < -0.4 is 10.2 Å². The number of rotatable bonds is 9. The highest BCUT2D eigenvalue weighted by Crippen LogP contribution is 2.17. The van der Waals surface area contributed by atoms with Crippen molar-refractivity contribution in [1.29, 1.82) is 0 Å². The van der Waals surface area contributed by atoms with Crippen LogP contribution >= 0.6 is 11.8 Å². The maximum atomic E-state index is 11.7. The van der Waals surface area contributed by atoms with Crippen molar-refractivity contribution in [2.24, 2.45) is 5.10 Å². The van der Waals surface area contributed by atoms with E-state index < -0.39 is 0 Å². The van der Waals surface area contributed by atoms with Crippen molar-refractivity contribution in [3.8, 4) is 5.75 Å². The van der Waals surface area contributed by atoms with Gasteiger partial charge in [-0.15, -0.1) is 11.8 Å². The van der Waals surface area contributed by atoms with Crippen LogP contribution in [0.25, 0.3) is 0 Å². The first-order valence-electron chi connectivity index (χ1n) is 8.00. The quantitative estimate of drug-likeness (QED) is 0.424. The van der Waals surface area contributed by atoms with Crippen molar-refractivity contribution >= 4 is 23.9 Å². The summed E-state index contributed by atoms with van der Waals surface area (Å²) in [6.45, 7) is 2.78. The predicted molar refractivity (Wildman–Crippen MR) is 99.7 cm³/mol. The minimum atomic E-state index is -0.0856. The maximum absolute atomic E-state index is 11.7. The van der Waals surface area contributed by atoms with E-state index in [-0.39, 0.29) is 5.91 Å². The van der Waals surface area contributed by atoms with Gasteiger partial charge in [-0.1, -0.05) is 25.1 Å². The van der Waals surface area contributed by atoms with E-state index in [0.29, 0.717) is 13.0 Å². The summed E-state index contributed by atoms with van der Waals surface area (Å²) in [4.78, 5) is 12.9. The SMILES string of the molecule is CCCOc1ccc(/C=N\NC(=O)CCSc2ccccc2)cc1. The Morgan fingerprint density at radius 3 is 2.62 bits per heavy atom. The number of thioether (sulfide) groups is 1. The number of hydrogen-bond donors (Lipinski definition) is 1. The lowest BCUT2D eigenvalue weighted by Crippen LogP contribution is -2.17. The third-order valence-electron chi connectivity index (χ3n) is 3.10. The Labute approximate surface area is 147 Å². The van der Waals surface area contributed by atoms with Crippen LogP contribution in [0.15, 0.2) is 64.6 Å². The molecule has 2 rings (SSSR count). The number of carbonyl (C=O) groups is 1. The summed E-state index contributed by atoms with van der Waals surface area (Å²) in [5.41, 5.74) is 3.47. The summed E-state index contributed by atoms with van der Waals surface area (Å²) in [6.07, 6.45) is 3.05. The minimum absolute atomic E-state index is 0.0856. The zero-order chi connectivity index (χ0) is 17.0. The molecule has 24 heavy (non-hydrogen) atoms. The Bertz CT molecular complexity index is 642. The molecule has 1 N–H and O–H groups in total. The molecular formula is C19H22N2O2S. The average molecular weight is 342 g/mol. The van der Waals surface area contributed by atoms with E-state index in [4.69, 9.17) is 4.74 Å². The van der Waals surface area contributed by atoms with Gasteiger partial charge in [0.2, 0.25) is 5.91 Å². The molecule has 5 heteroatoms. The lowest BCUT2D eigenvalue weighted by atomic mass is 10.2. The molecule has 0 radical (unpaired) electrons. The molecule has 0 unspecified atom stereocenters. The highest BCUT2D eigenvalue weighted by atomic mass is 32.2. The van der Waals surface area contributed by atoms with Crippen LogP contribution in [0.3, 0.4) is 0 Å². The molecule has 0 aliphatic carbocycles. The average Bonchev–Trinajstić information content (AvgIpc) is 2.62. The maximum Gasteiger partial charge on any atom is 0.240 e. The summed E-state index contributed by atoms with van der Waals surface area (Å²) in [6, 6.07) is 17.6. The van der Waals surface area contributed by atoms with Gasteiger partial charge in [0, 0.05) is 17.1 Å². The fourth-order valence-electron chi connectivity index (χ4n) is 1.88. The van der Waals surface area contributed by atoms with E-state index >= 15 is 0 Å². The summed E-state index contributed by atoms with van der Waals surface area (Å²) >= 11 is 1.66. The third kappa shape index (κ3) is 6.87. The molecule has 2 aromatic rings. The molecule has 0 aromatic heterocycles. The number of carbonyl (C=O) groups excluding carboxylic acids is 1. The molecular weight excluding hydrogens is 320 g/mol. The first-order valence-corrected chi connectivity index (χ1v) is 8.99. The molecule has 1 amide bonds. The third-order valence-corrected chi connectivity index (χ3v) is 4.11. The van der Waals surface area contributed by atoms with E-state index in [1.807, 2.05) is 54.6 Å². The van der Waals surface area contributed by atoms with Crippen LogP contribution in [0.2, 0.25) is 0 Å². The first kappa shape index (κ1) is 18.1. The van der Waals surface area contributed by atoms with Crippen LogP contribution in [0.4, 0.5) is 0 Å². The minimum Gasteiger partial charge on any atom is -0.494 e. The number of hydrogen-bond acceptors (Lipinski definition) is 4. The highest BCUT2D eigenvalue weighted by molar-refractivity contribution is 7.99. The van der Waals surface area contributed by atoms with Gasteiger partial charge in [-0.25, -0.2) is 5.43 Å². The number of benzene rings is 2. The van der Waals surface area contributed by atoms with Crippen molar-refractivity contribution < 1.29 is 9.53 Å². The van der Waals surface area contributed by atoms with Crippen molar-refractivity contribution in [2.75, 3.05) is 12.4 Å². The largest absolute Gasteiger partial charge is 0.494 e.